The van der Waals surface area contributed by atoms with E-state index in [2.05, 4.69) is 0 Å². The number of piperazine rings is 1. The molecule has 2 aromatic rings. The molecule has 140 valence electrons. The van der Waals surface area contributed by atoms with E-state index in [1.165, 1.54) is 27.4 Å². The van der Waals surface area contributed by atoms with E-state index >= 15 is 0 Å². The van der Waals surface area contributed by atoms with Crippen LogP contribution in [0.2, 0.25) is 0 Å². The second-order valence-electron chi connectivity index (χ2n) is 6.27. The number of halogens is 1. The average Bonchev–Trinajstić information content (AvgIpc) is 2.69. The highest BCUT2D eigenvalue weighted by molar-refractivity contribution is 7.89. The van der Waals surface area contributed by atoms with Crippen molar-refractivity contribution < 1.29 is 17.6 Å². The van der Waals surface area contributed by atoms with Crippen molar-refractivity contribution in [2.75, 3.05) is 26.2 Å². The summed E-state index contributed by atoms with van der Waals surface area (Å²) in [6.45, 7) is 2.24. The molecular formula is C19H18FN3O3S. The van der Waals surface area contributed by atoms with E-state index in [0.717, 1.165) is 0 Å². The van der Waals surface area contributed by atoms with Gasteiger partial charge >= 0.3 is 0 Å². The van der Waals surface area contributed by atoms with E-state index in [1.807, 2.05) is 6.07 Å². The third kappa shape index (κ3) is 3.70. The minimum atomic E-state index is -3.82. The molecule has 27 heavy (non-hydrogen) atoms. The molecule has 6 nitrogen and oxygen atoms in total. The third-order valence-corrected chi connectivity index (χ3v) is 6.53. The van der Waals surface area contributed by atoms with E-state index in [9.17, 15) is 17.6 Å². The van der Waals surface area contributed by atoms with Crippen molar-refractivity contribution in [1.82, 2.24) is 9.21 Å². The SMILES string of the molecule is Cc1ccc(C(=O)N2CCN(S(=O)(=O)c3ccccc3C#N)CC2)cc1F. The lowest BCUT2D eigenvalue weighted by Crippen LogP contribution is -2.50. The zero-order chi connectivity index (χ0) is 19.6. The minimum Gasteiger partial charge on any atom is -0.336 e. The van der Waals surface area contributed by atoms with Gasteiger partial charge in [0.1, 0.15) is 11.9 Å². The number of carbonyl (C=O) groups is 1. The number of benzene rings is 2. The van der Waals surface area contributed by atoms with Crippen LogP contribution in [0.1, 0.15) is 21.5 Å². The van der Waals surface area contributed by atoms with Gasteiger partial charge in [-0.2, -0.15) is 9.57 Å². The number of nitrogens with zero attached hydrogens (tertiary/aromatic N) is 3. The van der Waals surface area contributed by atoms with Gasteiger partial charge in [-0.15, -0.1) is 0 Å². The summed E-state index contributed by atoms with van der Waals surface area (Å²) in [5, 5.41) is 9.15. The van der Waals surface area contributed by atoms with Crippen molar-refractivity contribution in [2.24, 2.45) is 0 Å². The van der Waals surface area contributed by atoms with Crippen LogP contribution in [-0.4, -0.2) is 49.7 Å². The second kappa shape index (κ2) is 7.47. The first-order chi connectivity index (χ1) is 12.8. The molecule has 0 aromatic heterocycles. The zero-order valence-corrected chi connectivity index (χ0v) is 15.5. The molecule has 0 radical (unpaired) electrons. The topological polar surface area (TPSA) is 81.5 Å². The van der Waals surface area contributed by atoms with Crippen LogP contribution in [0.5, 0.6) is 0 Å². The highest BCUT2D eigenvalue weighted by atomic mass is 32.2. The summed E-state index contributed by atoms with van der Waals surface area (Å²) < 4.78 is 40.6. The molecule has 2 aromatic carbocycles. The van der Waals surface area contributed by atoms with Crippen molar-refractivity contribution in [3.8, 4) is 6.07 Å². The van der Waals surface area contributed by atoms with E-state index in [0.29, 0.717) is 5.56 Å². The number of rotatable bonds is 3. The van der Waals surface area contributed by atoms with Crippen LogP contribution in [-0.2, 0) is 10.0 Å². The molecule has 0 atom stereocenters. The van der Waals surface area contributed by atoms with Crippen molar-refractivity contribution in [2.45, 2.75) is 11.8 Å². The Labute approximate surface area is 157 Å². The van der Waals surface area contributed by atoms with Crippen LogP contribution in [0.15, 0.2) is 47.4 Å². The molecule has 1 heterocycles. The molecule has 0 saturated carbocycles. The summed E-state index contributed by atoms with van der Waals surface area (Å²) in [6, 6.07) is 12.2. The smallest absolute Gasteiger partial charge is 0.254 e. The fraction of sp³-hybridized carbons (Fsp3) is 0.263. The van der Waals surface area contributed by atoms with Crippen LogP contribution in [0.4, 0.5) is 4.39 Å². The number of sulfonamides is 1. The molecule has 0 N–H and O–H groups in total. The van der Waals surface area contributed by atoms with Gasteiger partial charge in [0.05, 0.1) is 10.5 Å². The van der Waals surface area contributed by atoms with Crippen LogP contribution >= 0.6 is 0 Å². The molecule has 1 amide bonds. The van der Waals surface area contributed by atoms with E-state index in [-0.39, 0.29) is 48.1 Å². The van der Waals surface area contributed by atoms with Crippen molar-refractivity contribution in [3.05, 3.63) is 65.0 Å². The van der Waals surface area contributed by atoms with Gasteiger partial charge in [0, 0.05) is 31.7 Å². The lowest BCUT2D eigenvalue weighted by atomic mass is 10.1. The van der Waals surface area contributed by atoms with Crippen LogP contribution in [0.3, 0.4) is 0 Å². The lowest BCUT2D eigenvalue weighted by molar-refractivity contribution is 0.0697. The Hall–Kier alpha value is -2.76. The Kier molecular flexibility index (Phi) is 5.26. The Morgan fingerprint density at radius 1 is 1.11 bits per heavy atom. The molecule has 0 aliphatic carbocycles. The Balaban J connectivity index is 1.74. The Bertz CT molecular complexity index is 1020. The largest absolute Gasteiger partial charge is 0.336 e. The maximum atomic E-state index is 13.7. The van der Waals surface area contributed by atoms with Gasteiger partial charge in [0.2, 0.25) is 10.0 Å². The number of hydrogen-bond acceptors (Lipinski definition) is 4. The molecule has 0 spiro atoms. The highest BCUT2D eigenvalue weighted by Gasteiger charge is 2.31. The number of aryl methyl sites for hydroxylation is 1. The number of nitriles is 1. The predicted octanol–water partition coefficient (Wildman–Crippen LogP) is 2.15. The fourth-order valence-electron chi connectivity index (χ4n) is 2.96. The van der Waals surface area contributed by atoms with Crippen LogP contribution in [0.25, 0.3) is 0 Å². The van der Waals surface area contributed by atoms with E-state index in [4.69, 9.17) is 5.26 Å². The summed E-state index contributed by atoms with van der Waals surface area (Å²) in [5.41, 5.74) is 0.786. The molecular weight excluding hydrogens is 369 g/mol. The molecule has 3 rings (SSSR count). The summed E-state index contributed by atoms with van der Waals surface area (Å²) in [6.07, 6.45) is 0. The standard InChI is InChI=1S/C19H18FN3O3S/c1-14-6-7-15(12-17(14)20)19(24)22-8-10-23(11-9-22)27(25,26)18-5-3-2-4-16(18)13-21/h2-7,12H,8-11H2,1H3. The number of amides is 1. The van der Waals surface area contributed by atoms with Crippen molar-refractivity contribution >= 4 is 15.9 Å². The monoisotopic (exact) mass is 387 g/mol. The van der Waals surface area contributed by atoms with Gasteiger partial charge < -0.3 is 4.90 Å². The fourth-order valence-corrected chi connectivity index (χ4v) is 4.53. The van der Waals surface area contributed by atoms with Crippen LogP contribution in [0, 0.1) is 24.1 Å². The first-order valence-corrected chi connectivity index (χ1v) is 9.83. The van der Waals surface area contributed by atoms with Gasteiger partial charge in [0.15, 0.2) is 0 Å². The molecule has 8 heteroatoms. The molecule has 0 unspecified atom stereocenters. The number of hydrogen-bond donors (Lipinski definition) is 0. The zero-order valence-electron chi connectivity index (χ0n) is 14.7. The van der Waals surface area contributed by atoms with Gasteiger partial charge in [-0.1, -0.05) is 18.2 Å². The van der Waals surface area contributed by atoms with E-state index < -0.39 is 15.8 Å². The first-order valence-electron chi connectivity index (χ1n) is 8.39. The maximum Gasteiger partial charge on any atom is 0.254 e. The molecule has 1 aliphatic rings. The second-order valence-corrected chi connectivity index (χ2v) is 8.17. The Morgan fingerprint density at radius 3 is 2.41 bits per heavy atom. The quantitative estimate of drug-likeness (QED) is 0.808. The summed E-state index contributed by atoms with van der Waals surface area (Å²) in [4.78, 5) is 14.0. The third-order valence-electron chi connectivity index (χ3n) is 4.57. The Morgan fingerprint density at radius 2 is 1.78 bits per heavy atom. The summed E-state index contributed by atoms with van der Waals surface area (Å²) in [7, 11) is -3.82. The molecule has 1 aliphatic heterocycles. The molecule has 0 bridgehead atoms. The highest BCUT2D eigenvalue weighted by Crippen LogP contribution is 2.22. The lowest BCUT2D eigenvalue weighted by Gasteiger charge is -2.34. The summed E-state index contributed by atoms with van der Waals surface area (Å²) in [5.74, 6) is -0.779. The van der Waals surface area contributed by atoms with Gasteiger partial charge in [-0.3, -0.25) is 4.79 Å². The van der Waals surface area contributed by atoms with E-state index in [1.54, 1.807) is 31.2 Å². The maximum absolute atomic E-state index is 13.7. The van der Waals surface area contributed by atoms with Gasteiger partial charge in [-0.05, 0) is 36.8 Å². The van der Waals surface area contributed by atoms with Gasteiger partial charge in [-0.25, -0.2) is 12.8 Å². The number of carbonyl (C=O) groups excluding carboxylic acids is 1. The van der Waals surface area contributed by atoms with Crippen molar-refractivity contribution in [1.29, 1.82) is 5.26 Å². The average molecular weight is 387 g/mol. The predicted molar refractivity (Wildman–Crippen MR) is 97.0 cm³/mol. The molecule has 1 saturated heterocycles. The van der Waals surface area contributed by atoms with Gasteiger partial charge in [0.25, 0.3) is 5.91 Å². The first kappa shape index (κ1) is 19.0. The van der Waals surface area contributed by atoms with Crippen LogP contribution < -0.4 is 0 Å². The minimum absolute atomic E-state index is 0.0344. The summed E-state index contributed by atoms with van der Waals surface area (Å²) >= 11 is 0. The van der Waals surface area contributed by atoms with Crippen molar-refractivity contribution in [3.63, 3.8) is 0 Å². The normalized spacial score (nSPS) is 15.4. The molecule has 1 fully saturated rings.